The summed E-state index contributed by atoms with van der Waals surface area (Å²) in [5.41, 5.74) is 0. The third-order valence-electron chi connectivity index (χ3n) is 4.82. The van der Waals surface area contributed by atoms with E-state index >= 15 is 0 Å². The molecule has 2 aliphatic carbocycles. The fourth-order valence-corrected chi connectivity index (χ4v) is 4.79. The lowest BCUT2D eigenvalue weighted by molar-refractivity contribution is -0.121. The molecule has 0 radical (unpaired) electrons. The molecular weight excluding hydrogens is 302 g/mol. The first-order valence-electron chi connectivity index (χ1n) is 7.88. The predicted octanol–water partition coefficient (Wildman–Crippen LogP) is 4.52. The Labute approximate surface area is 136 Å². The van der Waals surface area contributed by atoms with E-state index in [4.69, 9.17) is 11.6 Å². The molecule has 1 aromatic rings. The largest absolute Gasteiger partial charge is 0.352 e. The summed E-state index contributed by atoms with van der Waals surface area (Å²) in [7, 11) is 0. The van der Waals surface area contributed by atoms with Crippen molar-refractivity contribution in [3.63, 3.8) is 0 Å². The van der Waals surface area contributed by atoms with E-state index in [2.05, 4.69) is 12.2 Å². The zero-order valence-electron chi connectivity index (χ0n) is 12.3. The number of hydrogen-bond acceptors (Lipinski definition) is 2. The lowest BCUT2D eigenvalue weighted by Gasteiger charge is -2.25. The number of carbonyl (C=O) groups excluding carboxylic acids is 1. The Balaban J connectivity index is 1.57. The van der Waals surface area contributed by atoms with Crippen LogP contribution in [-0.2, 0) is 4.79 Å². The number of amides is 1. The van der Waals surface area contributed by atoms with Gasteiger partial charge in [0, 0.05) is 16.0 Å². The highest BCUT2D eigenvalue weighted by atomic mass is 35.5. The van der Waals surface area contributed by atoms with E-state index in [0.29, 0.717) is 6.04 Å². The number of nitrogens with one attached hydrogen (secondary N) is 1. The Hall–Kier alpha value is -0.670. The van der Waals surface area contributed by atoms with Crippen LogP contribution < -0.4 is 5.32 Å². The first kappa shape index (κ1) is 15.2. The molecule has 1 amide bonds. The summed E-state index contributed by atoms with van der Waals surface area (Å²) in [6, 6.07) is 8.16. The number of halogens is 1. The first-order chi connectivity index (χ1) is 10.2. The second kappa shape index (κ2) is 6.62. The summed E-state index contributed by atoms with van der Waals surface area (Å²) in [5, 5.41) is 4.03. The Bertz CT molecular complexity index is 504. The topological polar surface area (TPSA) is 29.1 Å². The molecule has 2 fully saturated rings. The molecule has 4 heteroatoms. The molecular formula is C17H22ClNOS. The molecule has 0 saturated heterocycles. The van der Waals surface area contributed by atoms with Gasteiger partial charge >= 0.3 is 0 Å². The Morgan fingerprint density at radius 2 is 2.10 bits per heavy atom. The maximum Gasteiger partial charge on any atom is 0.233 e. The third-order valence-corrected chi connectivity index (χ3v) is 6.45. The molecule has 1 aromatic carbocycles. The summed E-state index contributed by atoms with van der Waals surface area (Å²) >= 11 is 7.54. The molecule has 114 valence electrons. The molecule has 1 N–H and O–H groups in total. The van der Waals surface area contributed by atoms with Gasteiger partial charge in [-0.05, 0) is 61.8 Å². The number of thioether (sulfide) groups is 1. The van der Waals surface area contributed by atoms with Gasteiger partial charge < -0.3 is 5.32 Å². The van der Waals surface area contributed by atoms with Crippen LogP contribution in [-0.4, -0.2) is 17.2 Å². The minimum absolute atomic E-state index is 0.00898. The number of hydrogen-bond donors (Lipinski definition) is 1. The van der Waals surface area contributed by atoms with Crippen molar-refractivity contribution in [1.29, 1.82) is 0 Å². The maximum absolute atomic E-state index is 12.5. The minimum Gasteiger partial charge on any atom is -0.352 e. The summed E-state index contributed by atoms with van der Waals surface area (Å²) in [5.74, 6) is 1.80. The van der Waals surface area contributed by atoms with Gasteiger partial charge in [-0.2, -0.15) is 0 Å². The monoisotopic (exact) mass is 323 g/mol. The lowest BCUT2D eigenvalue weighted by Crippen LogP contribution is -2.42. The van der Waals surface area contributed by atoms with Crippen molar-refractivity contribution in [3.05, 3.63) is 29.3 Å². The van der Waals surface area contributed by atoms with E-state index in [1.165, 1.54) is 25.7 Å². The third kappa shape index (κ3) is 3.57. The number of carbonyl (C=O) groups is 1. The van der Waals surface area contributed by atoms with Crippen LogP contribution in [0.15, 0.2) is 29.2 Å². The fourth-order valence-electron chi connectivity index (χ4n) is 3.70. The van der Waals surface area contributed by atoms with Crippen LogP contribution in [0.1, 0.15) is 39.0 Å². The highest BCUT2D eigenvalue weighted by molar-refractivity contribution is 8.00. The van der Waals surface area contributed by atoms with Gasteiger partial charge in [-0.3, -0.25) is 4.79 Å². The lowest BCUT2D eigenvalue weighted by atomic mass is 9.95. The van der Waals surface area contributed by atoms with Gasteiger partial charge in [0.2, 0.25) is 5.91 Å². The highest BCUT2D eigenvalue weighted by Gasteiger charge is 2.40. The van der Waals surface area contributed by atoms with Gasteiger partial charge in [0.15, 0.2) is 0 Å². The Kier molecular flexibility index (Phi) is 4.80. The highest BCUT2D eigenvalue weighted by Crippen LogP contribution is 2.44. The van der Waals surface area contributed by atoms with Gasteiger partial charge in [0.1, 0.15) is 0 Å². The standard InChI is InChI=1S/C17H22ClNOS/c1-2-16(21-14-7-5-13(18)6-8-14)17(20)19-15-10-11-3-4-12(15)9-11/h5-8,11-12,15-16H,2-4,9-10H2,1H3,(H,19,20)/t11-,12-,15-,16+/m1/s1. The predicted molar refractivity (Wildman–Crippen MR) is 88.8 cm³/mol. The van der Waals surface area contributed by atoms with Gasteiger partial charge in [-0.15, -0.1) is 11.8 Å². The van der Waals surface area contributed by atoms with E-state index in [0.717, 1.165) is 28.2 Å². The van der Waals surface area contributed by atoms with Crippen LogP contribution in [0.3, 0.4) is 0 Å². The smallest absolute Gasteiger partial charge is 0.233 e. The van der Waals surface area contributed by atoms with Crippen molar-refractivity contribution >= 4 is 29.3 Å². The fraction of sp³-hybridized carbons (Fsp3) is 0.588. The quantitative estimate of drug-likeness (QED) is 0.807. The van der Waals surface area contributed by atoms with Crippen LogP contribution in [0, 0.1) is 11.8 Å². The second-order valence-electron chi connectivity index (χ2n) is 6.26. The molecule has 0 aliphatic heterocycles. The summed E-state index contributed by atoms with van der Waals surface area (Å²) in [6.07, 6.45) is 6.04. The number of benzene rings is 1. The van der Waals surface area contributed by atoms with Gasteiger partial charge in [-0.1, -0.05) is 24.9 Å². The summed E-state index contributed by atoms with van der Waals surface area (Å²) in [6.45, 7) is 2.08. The minimum atomic E-state index is -0.00898. The van der Waals surface area contributed by atoms with Crippen molar-refractivity contribution in [2.24, 2.45) is 11.8 Å². The zero-order chi connectivity index (χ0) is 14.8. The average molecular weight is 324 g/mol. The summed E-state index contributed by atoms with van der Waals surface area (Å²) in [4.78, 5) is 13.6. The van der Waals surface area contributed by atoms with Crippen molar-refractivity contribution in [2.45, 2.75) is 55.2 Å². The molecule has 21 heavy (non-hydrogen) atoms. The molecule has 2 aliphatic rings. The molecule has 4 atom stereocenters. The molecule has 0 aromatic heterocycles. The van der Waals surface area contributed by atoms with E-state index in [1.54, 1.807) is 11.8 Å². The molecule has 0 unspecified atom stereocenters. The maximum atomic E-state index is 12.5. The first-order valence-corrected chi connectivity index (χ1v) is 9.14. The van der Waals surface area contributed by atoms with Gasteiger partial charge in [0.05, 0.1) is 5.25 Å². The van der Waals surface area contributed by atoms with E-state index < -0.39 is 0 Å². The van der Waals surface area contributed by atoms with Crippen LogP contribution in [0.5, 0.6) is 0 Å². The zero-order valence-corrected chi connectivity index (χ0v) is 13.9. The Morgan fingerprint density at radius 1 is 1.33 bits per heavy atom. The molecule has 2 bridgehead atoms. The van der Waals surface area contributed by atoms with Gasteiger partial charge in [-0.25, -0.2) is 0 Å². The normalized spacial score (nSPS) is 28.6. The van der Waals surface area contributed by atoms with Crippen molar-refractivity contribution < 1.29 is 4.79 Å². The van der Waals surface area contributed by atoms with E-state index in [9.17, 15) is 4.79 Å². The number of rotatable bonds is 5. The molecule has 0 spiro atoms. The molecule has 2 nitrogen and oxygen atoms in total. The van der Waals surface area contributed by atoms with Crippen LogP contribution in [0.4, 0.5) is 0 Å². The van der Waals surface area contributed by atoms with Crippen molar-refractivity contribution in [2.75, 3.05) is 0 Å². The van der Waals surface area contributed by atoms with Crippen LogP contribution in [0.2, 0.25) is 5.02 Å². The van der Waals surface area contributed by atoms with Gasteiger partial charge in [0.25, 0.3) is 0 Å². The Morgan fingerprint density at radius 3 is 2.67 bits per heavy atom. The van der Waals surface area contributed by atoms with Crippen LogP contribution >= 0.6 is 23.4 Å². The van der Waals surface area contributed by atoms with E-state index in [-0.39, 0.29) is 11.2 Å². The molecule has 3 rings (SSSR count). The SMILES string of the molecule is CC[C@H](Sc1ccc(Cl)cc1)C(=O)N[C@@H]1C[C@@H]2CC[C@@H]1C2. The average Bonchev–Trinajstić information content (AvgIpc) is 3.09. The van der Waals surface area contributed by atoms with Crippen molar-refractivity contribution in [1.82, 2.24) is 5.32 Å². The van der Waals surface area contributed by atoms with E-state index in [1.807, 2.05) is 24.3 Å². The molecule has 2 saturated carbocycles. The van der Waals surface area contributed by atoms with Crippen LogP contribution in [0.25, 0.3) is 0 Å². The molecule has 0 heterocycles. The second-order valence-corrected chi connectivity index (χ2v) is 7.97. The number of fused-ring (bicyclic) bond motifs is 2. The summed E-state index contributed by atoms with van der Waals surface area (Å²) < 4.78 is 0. The van der Waals surface area contributed by atoms with Crippen molar-refractivity contribution in [3.8, 4) is 0 Å².